The first-order valence-electron chi connectivity index (χ1n) is 6.32. The van der Waals surface area contributed by atoms with Crippen LogP contribution in [0.2, 0.25) is 0 Å². The number of nitrogens with zero attached hydrogens (tertiary/aromatic N) is 3. The van der Waals surface area contributed by atoms with Gasteiger partial charge < -0.3 is 5.11 Å². The third-order valence-corrected chi connectivity index (χ3v) is 3.30. The van der Waals surface area contributed by atoms with Gasteiger partial charge in [-0.05, 0) is 24.6 Å². The van der Waals surface area contributed by atoms with Crippen molar-refractivity contribution in [3.8, 4) is 5.69 Å². The molecule has 1 aliphatic heterocycles. The van der Waals surface area contributed by atoms with Gasteiger partial charge >= 0.3 is 0 Å². The molecule has 1 aromatic carbocycles. The molecule has 4 heteroatoms. The first-order chi connectivity index (χ1) is 8.81. The molecule has 1 N–H and O–H groups in total. The van der Waals surface area contributed by atoms with Gasteiger partial charge in [0.05, 0.1) is 17.5 Å². The van der Waals surface area contributed by atoms with Crippen LogP contribution in [-0.2, 0) is 6.54 Å². The molecule has 0 unspecified atom stereocenters. The number of hydrogen-bond donors (Lipinski definition) is 1. The summed E-state index contributed by atoms with van der Waals surface area (Å²) in [6.45, 7) is 2.54. The van der Waals surface area contributed by atoms with Crippen LogP contribution in [0, 0.1) is 0 Å². The van der Waals surface area contributed by atoms with Crippen LogP contribution in [0.4, 0.5) is 0 Å². The average Bonchev–Trinajstić information content (AvgIpc) is 3.01. The number of hydrogen-bond acceptors (Lipinski definition) is 3. The van der Waals surface area contributed by atoms with Gasteiger partial charge in [-0.1, -0.05) is 18.2 Å². The molecule has 4 nitrogen and oxygen atoms in total. The lowest BCUT2D eigenvalue weighted by Gasteiger charge is -2.12. The maximum absolute atomic E-state index is 9.49. The zero-order valence-electron chi connectivity index (χ0n) is 10.2. The third kappa shape index (κ3) is 2.44. The van der Waals surface area contributed by atoms with Crippen molar-refractivity contribution in [2.45, 2.75) is 19.1 Å². The van der Waals surface area contributed by atoms with E-state index in [2.05, 4.69) is 10.00 Å². The second kappa shape index (κ2) is 4.92. The Morgan fingerprint density at radius 1 is 1.22 bits per heavy atom. The van der Waals surface area contributed by atoms with Crippen LogP contribution in [0.3, 0.4) is 0 Å². The van der Waals surface area contributed by atoms with Crippen molar-refractivity contribution in [2.24, 2.45) is 0 Å². The molecule has 0 bridgehead atoms. The molecule has 18 heavy (non-hydrogen) atoms. The SMILES string of the molecule is O[C@@H]1CCN(Cc2ccn(-c3ccccc3)n2)C1. The summed E-state index contributed by atoms with van der Waals surface area (Å²) >= 11 is 0. The molecule has 1 fully saturated rings. The Balaban J connectivity index is 1.70. The van der Waals surface area contributed by atoms with E-state index < -0.39 is 0 Å². The van der Waals surface area contributed by atoms with E-state index in [9.17, 15) is 5.11 Å². The molecule has 0 radical (unpaired) electrons. The molecular weight excluding hydrogens is 226 g/mol. The largest absolute Gasteiger partial charge is 0.392 e. The first kappa shape index (κ1) is 11.4. The summed E-state index contributed by atoms with van der Waals surface area (Å²) in [6.07, 6.45) is 2.69. The summed E-state index contributed by atoms with van der Waals surface area (Å²) in [5, 5.41) is 14.1. The molecule has 0 amide bonds. The predicted molar refractivity (Wildman–Crippen MR) is 69.5 cm³/mol. The van der Waals surface area contributed by atoms with Crippen LogP contribution in [0.1, 0.15) is 12.1 Å². The molecule has 2 aromatic rings. The molecule has 2 heterocycles. The van der Waals surface area contributed by atoms with Gasteiger partial charge in [-0.15, -0.1) is 0 Å². The highest BCUT2D eigenvalue weighted by Gasteiger charge is 2.20. The number of aromatic nitrogens is 2. The summed E-state index contributed by atoms with van der Waals surface area (Å²) in [6, 6.07) is 12.1. The predicted octanol–water partition coefficient (Wildman–Crippen LogP) is 1.44. The van der Waals surface area contributed by atoms with E-state index in [1.165, 1.54) is 0 Å². The van der Waals surface area contributed by atoms with Gasteiger partial charge in [0.2, 0.25) is 0 Å². The number of β-amino-alcohol motifs (C(OH)–C–C–N with tert-alkyl or cyclic N) is 1. The number of aliphatic hydroxyl groups excluding tert-OH is 1. The zero-order valence-corrected chi connectivity index (χ0v) is 10.2. The third-order valence-electron chi connectivity index (χ3n) is 3.30. The van der Waals surface area contributed by atoms with E-state index in [4.69, 9.17) is 0 Å². The van der Waals surface area contributed by atoms with E-state index in [0.29, 0.717) is 0 Å². The summed E-state index contributed by atoms with van der Waals surface area (Å²) < 4.78 is 1.89. The van der Waals surface area contributed by atoms with Crippen LogP contribution in [-0.4, -0.2) is 39.0 Å². The van der Waals surface area contributed by atoms with Gasteiger partial charge in [0, 0.05) is 25.8 Å². The lowest BCUT2D eigenvalue weighted by Crippen LogP contribution is -2.21. The highest BCUT2D eigenvalue weighted by molar-refractivity contribution is 5.30. The summed E-state index contributed by atoms with van der Waals surface area (Å²) in [5.74, 6) is 0. The van der Waals surface area contributed by atoms with Crippen molar-refractivity contribution < 1.29 is 5.11 Å². The minimum atomic E-state index is -0.166. The van der Waals surface area contributed by atoms with Gasteiger partial charge in [0.25, 0.3) is 0 Å². The van der Waals surface area contributed by atoms with E-state index in [0.717, 1.165) is 37.4 Å². The number of para-hydroxylation sites is 1. The van der Waals surface area contributed by atoms with Crippen LogP contribution >= 0.6 is 0 Å². The molecule has 1 atom stereocenters. The molecule has 0 spiro atoms. The van der Waals surface area contributed by atoms with Crippen molar-refractivity contribution in [1.82, 2.24) is 14.7 Å². The Morgan fingerprint density at radius 2 is 2.06 bits per heavy atom. The Kier molecular flexibility index (Phi) is 3.13. The van der Waals surface area contributed by atoms with Crippen LogP contribution in [0.25, 0.3) is 5.69 Å². The van der Waals surface area contributed by atoms with Crippen molar-refractivity contribution >= 4 is 0 Å². The molecule has 0 saturated carbocycles. The fraction of sp³-hybridized carbons (Fsp3) is 0.357. The maximum atomic E-state index is 9.49. The summed E-state index contributed by atoms with van der Waals surface area (Å²) in [4.78, 5) is 2.24. The van der Waals surface area contributed by atoms with Crippen molar-refractivity contribution in [3.05, 3.63) is 48.3 Å². The van der Waals surface area contributed by atoms with Crippen LogP contribution in [0.15, 0.2) is 42.6 Å². The Morgan fingerprint density at radius 3 is 2.78 bits per heavy atom. The second-order valence-corrected chi connectivity index (χ2v) is 4.76. The topological polar surface area (TPSA) is 41.3 Å². The molecular formula is C14H17N3O. The number of aliphatic hydroxyl groups is 1. The Labute approximate surface area is 106 Å². The minimum Gasteiger partial charge on any atom is -0.392 e. The highest BCUT2D eigenvalue weighted by atomic mass is 16.3. The van der Waals surface area contributed by atoms with Gasteiger partial charge in [-0.25, -0.2) is 4.68 Å². The lowest BCUT2D eigenvalue weighted by molar-refractivity contribution is 0.174. The highest BCUT2D eigenvalue weighted by Crippen LogP contribution is 2.13. The Bertz CT molecular complexity index is 509. The van der Waals surface area contributed by atoms with Crippen molar-refractivity contribution in [2.75, 3.05) is 13.1 Å². The quantitative estimate of drug-likeness (QED) is 0.887. The standard InChI is InChI=1S/C14H17N3O/c18-14-7-8-16(11-14)10-12-6-9-17(15-12)13-4-2-1-3-5-13/h1-6,9,14,18H,7-8,10-11H2/t14-/m1/s1. The van der Waals surface area contributed by atoms with E-state index in [1.807, 2.05) is 47.3 Å². The normalized spacial score (nSPS) is 20.4. The molecule has 1 aliphatic rings. The molecule has 3 rings (SSSR count). The minimum absolute atomic E-state index is 0.166. The van der Waals surface area contributed by atoms with Gasteiger partial charge in [0.1, 0.15) is 0 Å². The first-order valence-corrected chi connectivity index (χ1v) is 6.32. The van der Waals surface area contributed by atoms with Crippen molar-refractivity contribution in [3.63, 3.8) is 0 Å². The second-order valence-electron chi connectivity index (χ2n) is 4.76. The summed E-state index contributed by atoms with van der Waals surface area (Å²) in [5.41, 5.74) is 2.12. The van der Waals surface area contributed by atoms with Crippen LogP contribution in [0.5, 0.6) is 0 Å². The zero-order chi connectivity index (χ0) is 12.4. The molecule has 94 valence electrons. The van der Waals surface area contributed by atoms with Gasteiger partial charge in [-0.2, -0.15) is 5.10 Å². The fourth-order valence-corrected chi connectivity index (χ4v) is 2.36. The number of rotatable bonds is 3. The van der Waals surface area contributed by atoms with Gasteiger partial charge in [-0.3, -0.25) is 4.90 Å². The van der Waals surface area contributed by atoms with E-state index >= 15 is 0 Å². The molecule has 1 aromatic heterocycles. The Hall–Kier alpha value is -1.65. The monoisotopic (exact) mass is 243 g/mol. The van der Waals surface area contributed by atoms with E-state index in [-0.39, 0.29) is 6.10 Å². The summed E-state index contributed by atoms with van der Waals surface area (Å²) in [7, 11) is 0. The lowest BCUT2D eigenvalue weighted by atomic mass is 10.3. The van der Waals surface area contributed by atoms with Crippen molar-refractivity contribution in [1.29, 1.82) is 0 Å². The molecule has 0 aliphatic carbocycles. The maximum Gasteiger partial charge on any atom is 0.0769 e. The van der Waals surface area contributed by atoms with Gasteiger partial charge in [0.15, 0.2) is 0 Å². The number of benzene rings is 1. The smallest absolute Gasteiger partial charge is 0.0769 e. The number of likely N-dealkylation sites (tertiary alicyclic amines) is 1. The molecule has 1 saturated heterocycles. The van der Waals surface area contributed by atoms with Crippen LogP contribution < -0.4 is 0 Å². The fourth-order valence-electron chi connectivity index (χ4n) is 2.36. The van der Waals surface area contributed by atoms with E-state index in [1.54, 1.807) is 0 Å². The average molecular weight is 243 g/mol.